The second-order valence-electron chi connectivity index (χ2n) is 4.71. The lowest BCUT2D eigenvalue weighted by Crippen LogP contribution is -2.49. The highest BCUT2D eigenvalue weighted by Gasteiger charge is 2.38. The summed E-state index contributed by atoms with van der Waals surface area (Å²) in [6.07, 6.45) is 4.33. The van der Waals surface area contributed by atoms with Crippen LogP contribution in [0.1, 0.15) is 31.4 Å². The van der Waals surface area contributed by atoms with Gasteiger partial charge in [0.2, 0.25) is 10.0 Å². The van der Waals surface area contributed by atoms with Crippen molar-refractivity contribution in [1.82, 2.24) is 9.71 Å². The first kappa shape index (κ1) is 13.9. The van der Waals surface area contributed by atoms with Crippen LogP contribution in [0.5, 0.6) is 0 Å². The summed E-state index contributed by atoms with van der Waals surface area (Å²) in [5.74, 6) is 0. The van der Waals surface area contributed by atoms with E-state index in [9.17, 15) is 13.5 Å². The number of rotatable bonds is 4. The molecule has 1 heterocycles. The van der Waals surface area contributed by atoms with Crippen LogP contribution in [0.2, 0.25) is 0 Å². The Hall–Kier alpha value is -1.49. The molecule has 0 aromatic carbocycles. The van der Waals surface area contributed by atoms with Gasteiger partial charge in [-0.1, -0.05) is 12.8 Å². The van der Waals surface area contributed by atoms with Crippen LogP contribution in [-0.4, -0.2) is 30.7 Å². The van der Waals surface area contributed by atoms with Crippen LogP contribution in [-0.2, 0) is 10.0 Å². The highest BCUT2D eigenvalue weighted by Crippen LogP contribution is 2.31. The van der Waals surface area contributed by atoms with E-state index in [1.807, 2.05) is 0 Å². The summed E-state index contributed by atoms with van der Waals surface area (Å²) < 4.78 is 27.2. The zero-order valence-corrected chi connectivity index (χ0v) is 11.2. The van der Waals surface area contributed by atoms with Crippen LogP contribution in [0, 0.1) is 11.3 Å². The summed E-state index contributed by atoms with van der Waals surface area (Å²) in [5, 5.41) is 18.4. The third kappa shape index (κ3) is 2.76. The number of pyridine rings is 1. The van der Waals surface area contributed by atoms with Gasteiger partial charge in [0.25, 0.3) is 0 Å². The molecule has 1 fully saturated rings. The number of hydrogen-bond acceptors (Lipinski definition) is 5. The predicted molar refractivity (Wildman–Crippen MR) is 67.6 cm³/mol. The van der Waals surface area contributed by atoms with E-state index < -0.39 is 15.6 Å². The van der Waals surface area contributed by atoms with Gasteiger partial charge in [0.05, 0.1) is 12.1 Å². The highest BCUT2D eigenvalue weighted by atomic mass is 32.2. The lowest BCUT2D eigenvalue weighted by atomic mass is 10.0. The first-order valence-electron chi connectivity index (χ1n) is 6.03. The van der Waals surface area contributed by atoms with Crippen molar-refractivity contribution in [2.45, 2.75) is 36.1 Å². The van der Waals surface area contributed by atoms with Crippen molar-refractivity contribution < 1.29 is 13.5 Å². The Morgan fingerprint density at radius 3 is 2.74 bits per heavy atom. The molecule has 0 amide bonds. The van der Waals surface area contributed by atoms with Crippen LogP contribution >= 0.6 is 0 Å². The minimum Gasteiger partial charge on any atom is -0.394 e. The predicted octanol–water partition coefficient (Wildman–Crippen LogP) is 0.537. The van der Waals surface area contributed by atoms with E-state index in [-0.39, 0.29) is 17.2 Å². The maximum atomic E-state index is 12.3. The summed E-state index contributed by atoms with van der Waals surface area (Å²) in [7, 11) is -3.85. The quantitative estimate of drug-likeness (QED) is 0.838. The molecule has 0 unspecified atom stereocenters. The van der Waals surface area contributed by atoms with Gasteiger partial charge < -0.3 is 5.11 Å². The zero-order chi connectivity index (χ0) is 13.9. The highest BCUT2D eigenvalue weighted by molar-refractivity contribution is 7.89. The fraction of sp³-hybridized carbons (Fsp3) is 0.500. The van der Waals surface area contributed by atoms with Gasteiger partial charge in [-0.15, -0.1) is 0 Å². The van der Waals surface area contributed by atoms with Crippen LogP contribution in [0.3, 0.4) is 0 Å². The van der Waals surface area contributed by atoms with E-state index in [1.165, 1.54) is 18.3 Å². The molecule has 0 radical (unpaired) electrons. The molecular formula is C12H15N3O3S. The molecule has 6 nitrogen and oxygen atoms in total. The Morgan fingerprint density at radius 2 is 2.16 bits per heavy atom. The topological polar surface area (TPSA) is 103 Å². The fourth-order valence-electron chi connectivity index (χ4n) is 2.38. The number of hydrogen-bond donors (Lipinski definition) is 2. The fourth-order valence-corrected chi connectivity index (χ4v) is 3.93. The smallest absolute Gasteiger partial charge is 0.244 e. The largest absolute Gasteiger partial charge is 0.394 e. The molecule has 0 saturated heterocycles. The zero-order valence-electron chi connectivity index (χ0n) is 10.3. The molecule has 0 atom stereocenters. The maximum absolute atomic E-state index is 12.3. The van der Waals surface area contributed by atoms with Crippen molar-refractivity contribution >= 4 is 10.0 Å². The van der Waals surface area contributed by atoms with Crippen LogP contribution in [0.15, 0.2) is 23.2 Å². The monoisotopic (exact) mass is 281 g/mol. The third-order valence-electron chi connectivity index (χ3n) is 3.38. The summed E-state index contributed by atoms with van der Waals surface area (Å²) >= 11 is 0. The van der Waals surface area contributed by atoms with Gasteiger partial charge in [-0.25, -0.2) is 18.1 Å². The molecule has 19 heavy (non-hydrogen) atoms. The minimum atomic E-state index is -3.85. The molecule has 0 bridgehead atoms. The number of nitrogens with zero attached hydrogens (tertiary/aromatic N) is 2. The molecule has 0 aliphatic heterocycles. The lowest BCUT2D eigenvalue weighted by molar-refractivity contribution is 0.185. The van der Waals surface area contributed by atoms with Crippen LogP contribution in [0.4, 0.5) is 0 Å². The number of aliphatic hydroxyl groups excluding tert-OH is 1. The van der Waals surface area contributed by atoms with Gasteiger partial charge in [-0.05, 0) is 25.0 Å². The average molecular weight is 281 g/mol. The van der Waals surface area contributed by atoms with Crippen molar-refractivity contribution in [2.24, 2.45) is 0 Å². The van der Waals surface area contributed by atoms with Gasteiger partial charge in [0, 0.05) is 6.20 Å². The standard InChI is InChI=1S/C12H15N3O3S/c13-8-10-11(4-3-7-14-10)19(17,18)15-12(9-16)5-1-2-6-12/h3-4,7,15-16H,1-2,5-6,9H2. The first-order chi connectivity index (χ1) is 9.03. The molecule has 1 aliphatic carbocycles. The van der Waals surface area contributed by atoms with Crippen LogP contribution in [0.25, 0.3) is 0 Å². The number of sulfonamides is 1. The van der Waals surface area contributed by atoms with Crippen molar-refractivity contribution in [3.05, 3.63) is 24.0 Å². The Morgan fingerprint density at radius 1 is 1.47 bits per heavy atom. The van der Waals surface area contributed by atoms with Crippen molar-refractivity contribution in [1.29, 1.82) is 5.26 Å². The molecule has 2 N–H and O–H groups in total. The van der Waals surface area contributed by atoms with E-state index in [2.05, 4.69) is 9.71 Å². The van der Waals surface area contributed by atoms with Gasteiger partial charge in [0.1, 0.15) is 11.0 Å². The molecule has 2 rings (SSSR count). The van der Waals surface area contributed by atoms with Crippen molar-refractivity contribution in [3.8, 4) is 6.07 Å². The molecule has 1 aromatic rings. The average Bonchev–Trinajstić information content (AvgIpc) is 2.87. The number of aromatic nitrogens is 1. The van der Waals surface area contributed by atoms with E-state index in [1.54, 1.807) is 6.07 Å². The Bertz CT molecular complexity index is 601. The van der Waals surface area contributed by atoms with Gasteiger partial charge in [0.15, 0.2) is 5.69 Å². The lowest BCUT2D eigenvalue weighted by Gasteiger charge is -2.27. The van der Waals surface area contributed by atoms with E-state index >= 15 is 0 Å². The molecule has 1 saturated carbocycles. The van der Waals surface area contributed by atoms with Gasteiger partial charge in [-0.3, -0.25) is 0 Å². The summed E-state index contributed by atoms with van der Waals surface area (Å²) in [6, 6.07) is 4.57. The molecule has 7 heteroatoms. The van der Waals surface area contributed by atoms with E-state index in [0.29, 0.717) is 12.8 Å². The maximum Gasteiger partial charge on any atom is 0.244 e. The van der Waals surface area contributed by atoms with Gasteiger partial charge >= 0.3 is 0 Å². The Balaban J connectivity index is 2.36. The van der Waals surface area contributed by atoms with E-state index in [0.717, 1.165) is 12.8 Å². The van der Waals surface area contributed by atoms with Crippen molar-refractivity contribution in [3.63, 3.8) is 0 Å². The molecule has 0 spiro atoms. The second-order valence-corrected chi connectivity index (χ2v) is 6.36. The summed E-state index contributed by atoms with van der Waals surface area (Å²) in [4.78, 5) is 3.60. The minimum absolute atomic E-state index is 0.138. The summed E-state index contributed by atoms with van der Waals surface area (Å²) in [5.41, 5.74) is -0.942. The first-order valence-corrected chi connectivity index (χ1v) is 7.51. The molecule has 1 aromatic heterocycles. The number of nitriles is 1. The van der Waals surface area contributed by atoms with Crippen LogP contribution < -0.4 is 4.72 Å². The van der Waals surface area contributed by atoms with E-state index in [4.69, 9.17) is 5.26 Å². The molecule has 1 aliphatic rings. The SMILES string of the molecule is N#Cc1ncccc1S(=O)(=O)NC1(CO)CCCC1. The molecule has 102 valence electrons. The Labute approximate surface area is 112 Å². The number of aliphatic hydroxyl groups is 1. The summed E-state index contributed by atoms with van der Waals surface area (Å²) in [6.45, 7) is -0.242. The normalized spacial score (nSPS) is 18.1. The molecular weight excluding hydrogens is 266 g/mol. The third-order valence-corrected chi connectivity index (χ3v) is 4.99. The van der Waals surface area contributed by atoms with Gasteiger partial charge in [-0.2, -0.15) is 5.26 Å². The van der Waals surface area contributed by atoms with Crippen molar-refractivity contribution in [2.75, 3.05) is 6.61 Å². The second kappa shape index (κ2) is 5.25. The number of nitrogens with one attached hydrogen (secondary N) is 1. The Kier molecular flexibility index (Phi) is 3.85.